The molecule has 33 heavy (non-hydrogen) atoms. The molecule has 2 heterocycles. The van der Waals surface area contributed by atoms with Gasteiger partial charge in [0.05, 0.1) is 18.8 Å². The third-order valence-electron chi connectivity index (χ3n) is 4.99. The van der Waals surface area contributed by atoms with Crippen molar-refractivity contribution in [2.75, 3.05) is 18.5 Å². The van der Waals surface area contributed by atoms with Gasteiger partial charge >= 0.3 is 18.1 Å². The molecule has 1 N–H and O–H groups in total. The molecule has 0 saturated heterocycles. The summed E-state index contributed by atoms with van der Waals surface area (Å²) in [6.07, 6.45) is -3.18. The first kappa shape index (κ1) is 24.7. The summed E-state index contributed by atoms with van der Waals surface area (Å²) in [6.45, 7) is 5.00. The van der Waals surface area contributed by atoms with E-state index in [1.54, 1.807) is 20.8 Å². The van der Waals surface area contributed by atoms with E-state index in [9.17, 15) is 27.6 Å². The minimum absolute atomic E-state index is 0.0131. The number of nitrogens with zero attached hydrogens (tertiary/aromatic N) is 2. The monoisotopic (exact) mass is 487 g/mol. The van der Waals surface area contributed by atoms with Gasteiger partial charge in [0.15, 0.2) is 5.69 Å². The van der Waals surface area contributed by atoms with Crippen molar-refractivity contribution < 1.29 is 37.0 Å². The van der Waals surface area contributed by atoms with E-state index in [4.69, 9.17) is 9.47 Å². The Kier molecular flexibility index (Phi) is 7.45. The number of carbonyl (C=O) groups is 3. The van der Waals surface area contributed by atoms with Crippen LogP contribution in [0.3, 0.4) is 0 Å². The molecule has 0 unspecified atom stereocenters. The van der Waals surface area contributed by atoms with Crippen molar-refractivity contribution in [1.82, 2.24) is 9.78 Å². The zero-order valence-corrected chi connectivity index (χ0v) is 19.2. The first-order chi connectivity index (χ1) is 15.6. The number of halogens is 3. The molecule has 0 aromatic carbocycles. The van der Waals surface area contributed by atoms with E-state index >= 15 is 0 Å². The molecule has 3 rings (SSSR count). The van der Waals surface area contributed by atoms with Crippen LogP contribution in [0.25, 0.3) is 0 Å². The van der Waals surface area contributed by atoms with Crippen LogP contribution in [0.5, 0.6) is 0 Å². The van der Waals surface area contributed by atoms with Crippen molar-refractivity contribution in [3.8, 4) is 0 Å². The molecule has 0 bridgehead atoms. The second-order valence-corrected chi connectivity index (χ2v) is 8.47. The largest absolute Gasteiger partial charge is 0.462 e. The van der Waals surface area contributed by atoms with Crippen molar-refractivity contribution in [3.63, 3.8) is 0 Å². The van der Waals surface area contributed by atoms with Crippen molar-refractivity contribution in [2.24, 2.45) is 0 Å². The molecule has 180 valence electrons. The van der Waals surface area contributed by atoms with Crippen LogP contribution >= 0.6 is 11.3 Å². The van der Waals surface area contributed by atoms with Crippen LogP contribution in [0.15, 0.2) is 6.07 Å². The Morgan fingerprint density at radius 2 is 1.82 bits per heavy atom. The van der Waals surface area contributed by atoms with Gasteiger partial charge in [-0.2, -0.15) is 18.3 Å². The highest BCUT2D eigenvalue weighted by Gasteiger charge is 2.38. The minimum Gasteiger partial charge on any atom is -0.462 e. The first-order valence-electron chi connectivity index (χ1n) is 10.5. The maximum atomic E-state index is 13.1. The number of aryl methyl sites for hydroxylation is 1. The van der Waals surface area contributed by atoms with Crippen LogP contribution in [-0.4, -0.2) is 40.8 Å². The van der Waals surface area contributed by atoms with E-state index in [2.05, 4.69) is 10.4 Å². The Bertz CT molecular complexity index is 1060. The van der Waals surface area contributed by atoms with Crippen molar-refractivity contribution in [3.05, 3.63) is 33.5 Å². The number of amides is 1. The second kappa shape index (κ2) is 9.94. The molecule has 0 atom stereocenters. The van der Waals surface area contributed by atoms with Gasteiger partial charge in [0, 0.05) is 24.6 Å². The molecular formula is C21H24F3N3O5S. The summed E-state index contributed by atoms with van der Waals surface area (Å²) >= 11 is 0.885. The highest BCUT2D eigenvalue weighted by molar-refractivity contribution is 7.18. The van der Waals surface area contributed by atoms with Crippen LogP contribution in [0.4, 0.5) is 18.2 Å². The van der Waals surface area contributed by atoms with Gasteiger partial charge in [0.1, 0.15) is 9.88 Å². The molecule has 2 aromatic rings. The number of ether oxygens (including phenoxy) is 2. The smallest absolute Gasteiger partial charge is 0.435 e. The first-order valence-corrected chi connectivity index (χ1v) is 11.3. The molecule has 8 nitrogen and oxygen atoms in total. The number of nitrogens with one attached hydrogen (secondary N) is 1. The fourth-order valence-electron chi connectivity index (χ4n) is 3.30. The lowest BCUT2D eigenvalue weighted by atomic mass is 10.1. The summed E-state index contributed by atoms with van der Waals surface area (Å²) in [5.74, 6) is -1.85. The summed E-state index contributed by atoms with van der Waals surface area (Å²) in [5.41, 5.74) is -0.151. The molecule has 2 aromatic heterocycles. The molecule has 1 aliphatic carbocycles. The van der Waals surface area contributed by atoms with Crippen molar-refractivity contribution in [1.29, 1.82) is 0 Å². The van der Waals surface area contributed by atoms with E-state index in [0.29, 0.717) is 11.3 Å². The third-order valence-corrected chi connectivity index (χ3v) is 6.18. The zero-order chi connectivity index (χ0) is 24.3. The molecule has 1 saturated carbocycles. The number of rotatable bonds is 9. The fraction of sp³-hybridized carbons (Fsp3) is 0.524. The summed E-state index contributed by atoms with van der Waals surface area (Å²) in [7, 11) is 0. The van der Waals surface area contributed by atoms with Gasteiger partial charge in [-0.25, -0.2) is 9.59 Å². The third kappa shape index (κ3) is 5.73. The molecule has 12 heteroatoms. The summed E-state index contributed by atoms with van der Waals surface area (Å²) in [5, 5.41) is 6.34. The lowest BCUT2D eigenvalue weighted by Crippen LogP contribution is -2.18. The molecule has 1 aliphatic rings. The number of hydrogen-bond acceptors (Lipinski definition) is 7. The van der Waals surface area contributed by atoms with E-state index in [1.165, 1.54) is 4.68 Å². The zero-order valence-electron chi connectivity index (χ0n) is 18.4. The average molecular weight is 488 g/mol. The van der Waals surface area contributed by atoms with Crippen LogP contribution in [0, 0.1) is 6.92 Å². The van der Waals surface area contributed by atoms with Crippen LogP contribution in [0.1, 0.15) is 76.0 Å². The number of aromatic nitrogens is 2. The van der Waals surface area contributed by atoms with Gasteiger partial charge < -0.3 is 14.8 Å². The predicted octanol–water partition coefficient (Wildman–Crippen LogP) is 4.53. The van der Waals surface area contributed by atoms with Crippen LogP contribution in [-0.2, 0) is 27.0 Å². The maximum absolute atomic E-state index is 13.1. The Labute approximate surface area is 192 Å². The normalized spacial score (nSPS) is 13.6. The summed E-state index contributed by atoms with van der Waals surface area (Å²) in [4.78, 5) is 37.4. The number of esters is 2. The molecule has 0 aliphatic heterocycles. The lowest BCUT2D eigenvalue weighted by molar-refractivity contribution is -0.141. The molecule has 1 fully saturated rings. The molecule has 0 radical (unpaired) electrons. The molecular weight excluding hydrogens is 463 g/mol. The lowest BCUT2D eigenvalue weighted by Gasteiger charge is -2.09. The Balaban J connectivity index is 1.77. The van der Waals surface area contributed by atoms with E-state index in [0.717, 1.165) is 30.2 Å². The average Bonchev–Trinajstić information content (AvgIpc) is 3.39. The highest BCUT2D eigenvalue weighted by Crippen LogP contribution is 2.42. The maximum Gasteiger partial charge on any atom is 0.435 e. The highest BCUT2D eigenvalue weighted by atomic mass is 32.1. The van der Waals surface area contributed by atoms with E-state index < -0.39 is 29.7 Å². The Morgan fingerprint density at radius 1 is 1.18 bits per heavy atom. The number of hydrogen-bond donors (Lipinski definition) is 1. The van der Waals surface area contributed by atoms with Crippen LogP contribution in [0.2, 0.25) is 0 Å². The van der Waals surface area contributed by atoms with E-state index in [1.807, 2.05) is 0 Å². The SMILES string of the molecule is CCOC(=O)c1sc(NC(=O)CCn2nc(C(F)(F)F)cc2C2CC2)c(C(=O)OCC)c1C. The number of anilines is 1. The van der Waals surface area contributed by atoms with Crippen molar-refractivity contribution in [2.45, 2.75) is 58.7 Å². The quantitative estimate of drug-likeness (QED) is 0.522. The number of thiophene rings is 1. The number of carbonyl (C=O) groups excluding carboxylic acids is 3. The van der Waals surface area contributed by atoms with Gasteiger partial charge in [-0.05, 0) is 45.2 Å². The van der Waals surface area contributed by atoms with Gasteiger partial charge in [-0.1, -0.05) is 0 Å². The second-order valence-electron chi connectivity index (χ2n) is 7.45. The van der Waals surface area contributed by atoms with Gasteiger partial charge in [0.2, 0.25) is 5.91 Å². The summed E-state index contributed by atoms with van der Waals surface area (Å²) < 4.78 is 50.4. The molecule has 1 amide bonds. The predicted molar refractivity (Wildman–Crippen MR) is 113 cm³/mol. The Hall–Kier alpha value is -2.89. The molecule has 0 spiro atoms. The van der Waals surface area contributed by atoms with Gasteiger partial charge in [0.25, 0.3) is 0 Å². The minimum atomic E-state index is -4.57. The van der Waals surface area contributed by atoms with Crippen LogP contribution < -0.4 is 5.32 Å². The van der Waals surface area contributed by atoms with E-state index in [-0.39, 0.29) is 47.5 Å². The number of alkyl halides is 3. The Morgan fingerprint density at radius 3 is 2.39 bits per heavy atom. The van der Waals surface area contributed by atoms with Gasteiger partial charge in [-0.3, -0.25) is 9.48 Å². The van der Waals surface area contributed by atoms with Gasteiger partial charge in [-0.15, -0.1) is 11.3 Å². The standard InChI is InChI=1S/C21H24F3N3O5S/c1-4-31-19(29)16-11(3)17(20(30)32-5-2)33-18(16)25-15(28)8-9-27-13(12-6-7-12)10-14(26-27)21(22,23)24/h10,12H,4-9H2,1-3H3,(H,25,28). The van der Waals surface area contributed by atoms with Crippen molar-refractivity contribution >= 4 is 34.2 Å². The fourth-order valence-corrected chi connectivity index (χ4v) is 4.40. The summed E-state index contributed by atoms with van der Waals surface area (Å²) in [6, 6.07) is 1.03. The topological polar surface area (TPSA) is 99.5 Å².